The maximum Gasteiger partial charge on any atom is 0.267 e. The molecule has 2 aliphatic rings. The number of furan rings is 1. The number of amides is 1. The summed E-state index contributed by atoms with van der Waals surface area (Å²) in [6, 6.07) is 0. The second kappa shape index (κ2) is 6.88. The van der Waals surface area contributed by atoms with Crippen LogP contribution in [0, 0.1) is 6.92 Å². The fourth-order valence-electron chi connectivity index (χ4n) is 3.75. The van der Waals surface area contributed by atoms with Crippen LogP contribution in [0.25, 0.3) is 11.1 Å². The van der Waals surface area contributed by atoms with Gasteiger partial charge in [0.2, 0.25) is 5.71 Å². The normalized spacial score (nSPS) is 20.4. The van der Waals surface area contributed by atoms with Crippen LogP contribution in [0.3, 0.4) is 0 Å². The van der Waals surface area contributed by atoms with Gasteiger partial charge in [-0.1, -0.05) is 6.92 Å². The van der Waals surface area contributed by atoms with Crippen molar-refractivity contribution in [3.05, 3.63) is 17.7 Å². The number of hydrogen-bond acceptors (Lipinski definition) is 6. The Morgan fingerprint density at radius 3 is 2.63 bits per heavy atom. The maximum atomic E-state index is 13.6. The smallest absolute Gasteiger partial charge is 0.267 e. The molecule has 7 nitrogen and oxygen atoms in total. The summed E-state index contributed by atoms with van der Waals surface area (Å²) >= 11 is 2.17. The van der Waals surface area contributed by atoms with Crippen LogP contribution in [0.15, 0.2) is 10.7 Å². The fraction of sp³-hybridized carbons (Fsp3) is 0.632. The van der Waals surface area contributed by atoms with E-state index in [0.717, 1.165) is 32.1 Å². The van der Waals surface area contributed by atoms with Gasteiger partial charge in [-0.05, 0) is 46.0 Å². The number of anilines is 1. The molecule has 0 radical (unpaired) electrons. The van der Waals surface area contributed by atoms with Gasteiger partial charge in [-0.15, -0.1) is 0 Å². The van der Waals surface area contributed by atoms with E-state index in [1.807, 2.05) is 10.0 Å². The average Bonchev–Trinajstić information content (AvgIpc) is 3.29. The van der Waals surface area contributed by atoms with Gasteiger partial charge in [-0.25, -0.2) is 9.97 Å². The van der Waals surface area contributed by atoms with Crippen molar-refractivity contribution in [3.8, 4) is 0 Å². The first-order chi connectivity index (χ1) is 12.9. The summed E-state index contributed by atoms with van der Waals surface area (Å²) in [6.07, 6.45) is 6.24. The van der Waals surface area contributed by atoms with E-state index in [1.54, 1.807) is 0 Å². The van der Waals surface area contributed by atoms with Crippen LogP contribution in [-0.2, 0) is 4.74 Å². The number of nitrogens with one attached hydrogen (secondary N) is 1. The second-order valence-electron chi connectivity index (χ2n) is 7.90. The predicted octanol–water partition coefficient (Wildman–Crippen LogP) is 4.25. The molecule has 27 heavy (non-hydrogen) atoms. The number of carbonyl (C=O) groups is 1. The van der Waals surface area contributed by atoms with Crippen molar-refractivity contribution in [2.45, 2.75) is 64.0 Å². The summed E-state index contributed by atoms with van der Waals surface area (Å²) in [7, 11) is 0. The highest BCUT2D eigenvalue weighted by Gasteiger charge is 2.42. The van der Waals surface area contributed by atoms with Gasteiger partial charge >= 0.3 is 0 Å². The molecular weight excluding hydrogens is 459 g/mol. The Hall–Kier alpha value is -1.42. The molecule has 0 unspecified atom stereocenters. The summed E-state index contributed by atoms with van der Waals surface area (Å²) in [5.41, 5.74) is 0.866. The summed E-state index contributed by atoms with van der Waals surface area (Å²) in [4.78, 5) is 22.2. The second-order valence-corrected chi connectivity index (χ2v) is 8.86. The number of nitrogens with zero attached hydrogens (tertiary/aromatic N) is 3. The lowest BCUT2D eigenvalue weighted by Crippen LogP contribution is -2.49. The van der Waals surface area contributed by atoms with Gasteiger partial charge in [0.05, 0.1) is 39.4 Å². The first kappa shape index (κ1) is 18.9. The van der Waals surface area contributed by atoms with Gasteiger partial charge in [-0.3, -0.25) is 7.91 Å². The molecule has 0 aromatic carbocycles. The first-order valence-corrected chi connectivity index (χ1v) is 10.5. The van der Waals surface area contributed by atoms with Crippen molar-refractivity contribution < 1.29 is 13.9 Å². The highest BCUT2D eigenvalue weighted by molar-refractivity contribution is 14.1. The molecule has 0 bridgehead atoms. The minimum Gasteiger partial charge on any atom is -0.442 e. The molecule has 4 rings (SSSR count). The van der Waals surface area contributed by atoms with Gasteiger partial charge in [-0.2, -0.15) is 0 Å². The molecule has 0 spiro atoms. The first-order valence-electron chi connectivity index (χ1n) is 9.49. The highest BCUT2D eigenvalue weighted by atomic mass is 127. The van der Waals surface area contributed by atoms with E-state index in [1.165, 1.54) is 6.33 Å². The zero-order valence-electron chi connectivity index (χ0n) is 16.0. The molecule has 146 valence electrons. The van der Waals surface area contributed by atoms with Gasteiger partial charge in [0.1, 0.15) is 17.9 Å². The average molecular weight is 484 g/mol. The van der Waals surface area contributed by atoms with Crippen LogP contribution in [0.5, 0.6) is 0 Å². The van der Waals surface area contributed by atoms with Gasteiger partial charge in [0.25, 0.3) is 5.91 Å². The molecular formula is C19H25IN4O3. The van der Waals surface area contributed by atoms with Crippen molar-refractivity contribution in [2.24, 2.45) is 0 Å². The van der Waals surface area contributed by atoms with Crippen LogP contribution < -0.4 is 5.32 Å². The van der Waals surface area contributed by atoms with E-state index in [4.69, 9.17) is 9.15 Å². The van der Waals surface area contributed by atoms with Crippen molar-refractivity contribution >= 4 is 45.7 Å². The Labute approximate surface area is 172 Å². The third-order valence-corrected chi connectivity index (χ3v) is 7.44. The summed E-state index contributed by atoms with van der Waals surface area (Å²) < 4.78 is 13.2. The minimum atomic E-state index is -0.197. The molecule has 1 aliphatic carbocycles. The van der Waals surface area contributed by atoms with E-state index < -0.39 is 0 Å². The van der Waals surface area contributed by atoms with Crippen LogP contribution in [0.2, 0.25) is 0 Å². The number of carbonyl (C=O) groups excluding carboxylic acids is 1. The van der Waals surface area contributed by atoms with Crippen LogP contribution in [0.1, 0.15) is 62.1 Å². The highest BCUT2D eigenvalue weighted by Crippen LogP contribution is 2.42. The summed E-state index contributed by atoms with van der Waals surface area (Å²) in [5, 5.41) is 4.17. The molecule has 2 fully saturated rings. The number of halogens is 1. The standard InChI is InChI=1S/C19H25IN4O3/c1-4-19(7-9-26-10-8-19)24(20)17(25)13-12(2)27-16-14(13)15(21-11-22-16)23-18(3)5-6-18/h11H,4-10H2,1-3H3,(H,21,22,23). The van der Waals surface area contributed by atoms with E-state index >= 15 is 0 Å². The lowest BCUT2D eigenvalue weighted by molar-refractivity contribution is 0.0135. The van der Waals surface area contributed by atoms with Crippen LogP contribution >= 0.6 is 22.9 Å². The number of rotatable bonds is 5. The van der Waals surface area contributed by atoms with E-state index in [0.29, 0.717) is 41.5 Å². The van der Waals surface area contributed by atoms with Crippen molar-refractivity contribution in [1.29, 1.82) is 0 Å². The number of aromatic nitrogens is 2. The van der Waals surface area contributed by atoms with E-state index in [9.17, 15) is 4.79 Å². The molecule has 1 N–H and O–H groups in total. The number of fused-ring (bicyclic) bond motifs is 1. The molecule has 2 aromatic heterocycles. The molecule has 1 saturated heterocycles. The van der Waals surface area contributed by atoms with Crippen molar-refractivity contribution in [2.75, 3.05) is 18.5 Å². The van der Waals surface area contributed by atoms with Crippen LogP contribution in [0.4, 0.5) is 5.82 Å². The van der Waals surface area contributed by atoms with Crippen molar-refractivity contribution in [3.63, 3.8) is 0 Å². The molecule has 1 aliphatic heterocycles. The Bertz CT molecular complexity index is 871. The molecule has 1 amide bonds. The zero-order chi connectivity index (χ0) is 19.2. The third-order valence-electron chi connectivity index (χ3n) is 5.97. The number of hydrogen-bond donors (Lipinski definition) is 1. The van der Waals surface area contributed by atoms with Gasteiger partial charge in [0, 0.05) is 18.8 Å². The largest absolute Gasteiger partial charge is 0.442 e. The molecule has 8 heteroatoms. The quantitative estimate of drug-likeness (QED) is 0.505. The Morgan fingerprint density at radius 1 is 1.30 bits per heavy atom. The Kier molecular flexibility index (Phi) is 4.82. The SMILES string of the molecule is CCC1(N(I)C(=O)c2c(C)oc3ncnc(NC4(C)CC4)c23)CCOCC1. The molecule has 1 saturated carbocycles. The Balaban J connectivity index is 1.76. The fourth-order valence-corrected chi connectivity index (χ4v) is 4.81. The third kappa shape index (κ3) is 3.30. The van der Waals surface area contributed by atoms with E-state index in [-0.39, 0.29) is 17.0 Å². The topological polar surface area (TPSA) is 80.5 Å². The Morgan fingerprint density at radius 2 is 2.00 bits per heavy atom. The molecule has 3 heterocycles. The minimum absolute atomic E-state index is 0.0438. The lowest BCUT2D eigenvalue weighted by Gasteiger charge is -2.42. The zero-order valence-corrected chi connectivity index (χ0v) is 18.1. The monoisotopic (exact) mass is 484 g/mol. The number of aryl methyl sites for hydroxylation is 1. The van der Waals surface area contributed by atoms with Crippen LogP contribution in [-0.4, -0.2) is 43.3 Å². The molecule has 2 aromatic rings. The summed E-state index contributed by atoms with van der Waals surface area (Å²) in [6.45, 7) is 7.48. The van der Waals surface area contributed by atoms with E-state index in [2.05, 4.69) is 52.0 Å². The lowest BCUT2D eigenvalue weighted by atomic mass is 9.87. The number of ether oxygens (including phenoxy) is 1. The van der Waals surface area contributed by atoms with Gasteiger partial charge in [0.15, 0.2) is 0 Å². The summed E-state index contributed by atoms with van der Waals surface area (Å²) in [5.74, 6) is 1.22. The maximum absolute atomic E-state index is 13.6. The van der Waals surface area contributed by atoms with Crippen molar-refractivity contribution in [1.82, 2.24) is 13.1 Å². The predicted molar refractivity (Wildman–Crippen MR) is 111 cm³/mol. The van der Waals surface area contributed by atoms with Gasteiger partial charge < -0.3 is 14.5 Å². The molecule has 0 atom stereocenters.